The van der Waals surface area contributed by atoms with Crippen molar-refractivity contribution in [2.24, 2.45) is 0 Å². The predicted molar refractivity (Wildman–Crippen MR) is 163 cm³/mol. The largest absolute Gasteiger partial charge is 0.457 e. The highest BCUT2D eigenvalue weighted by Gasteiger charge is 2.21. The Labute approximate surface area is 243 Å². The highest BCUT2D eigenvalue weighted by atomic mass is 16.5. The number of hydrogen-bond donors (Lipinski definition) is 3. The van der Waals surface area contributed by atoms with Gasteiger partial charge in [-0.2, -0.15) is 0 Å². The van der Waals surface area contributed by atoms with Crippen LogP contribution in [0.1, 0.15) is 38.3 Å². The molecular formula is C33H42N4O4. The van der Waals surface area contributed by atoms with Crippen molar-refractivity contribution in [1.82, 2.24) is 15.5 Å². The first-order valence-corrected chi connectivity index (χ1v) is 14.3. The fourth-order valence-corrected chi connectivity index (χ4v) is 4.61. The number of nitrogens with one attached hydrogen (secondary N) is 3. The first-order chi connectivity index (χ1) is 19.8. The van der Waals surface area contributed by atoms with Gasteiger partial charge in [0.1, 0.15) is 17.5 Å². The van der Waals surface area contributed by atoms with Crippen LogP contribution in [0, 0.1) is 0 Å². The van der Waals surface area contributed by atoms with Gasteiger partial charge in [-0.05, 0) is 65.9 Å². The van der Waals surface area contributed by atoms with Gasteiger partial charge in [-0.1, -0.05) is 63.2 Å². The second-order valence-corrected chi connectivity index (χ2v) is 11.3. The first-order valence-electron chi connectivity index (χ1n) is 14.3. The van der Waals surface area contributed by atoms with Gasteiger partial charge in [-0.15, -0.1) is 0 Å². The highest BCUT2D eigenvalue weighted by Crippen LogP contribution is 2.27. The minimum absolute atomic E-state index is 0.0796. The van der Waals surface area contributed by atoms with Gasteiger partial charge in [0.15, 0.2) is 0 Å². The molecule has 4 rings (SSSR count). The van der Waals surface area contributed by atoms with E-state index in [1.807, 2.05) is 42.5 Å². The fraction of sp³-hybridized carbons (Fsp3) is 0.394. The van der Waals surface area contributed by atoms with Crippen LogP contribution in [0.2, 0.25) is 0 Å². The van der Waals surface area contributed by atoms with Gasteiger partial charge >= 0.3 is 6.03 Å². The molecule has 3 N–H and O–H groups in total. The Bertz CT molecular complexity index is 1230. The zero-order chi connectivity index (χ0) is 29.1. The molecule has 0 saturated carbocycles. The van der Waals surface area contributed by atoms with Crippen molar-refractivity contribution in [2.45, 2.75) is 45.1 Å². The fourth-order valence-electron chi connectivity index (χ4n) is 4.61. The molecule has 0 unspecified atom stereocenters. The summed E-state index contributed by atoms with van der Waals surface area (Å²) >= 11 is 0. The maximum Gasteiger partial charge on any atom is 0.319 e. The highest BCUT2D eigenvalue weighted by molar-refractivity contribution is 5.93. The molecule has 0 radical (unpaired) electrons. The van der Waals surface area contributed by atoms with Gasteiger partial charge in [0.25, 0.3) is 0 Å². The lowest BCUT2D eigenvalue weighted by atomic mass is 9.87. The summed E-state index contributed by atoms with van der Waals surface area (Å²) in [4.78, 5) is 28.3. The number of morpholine rings is 1. The summed E-state index contributed by atoms with van der Waals surface area (Å²) in [5.41, 5.74) is 2.89. The third-order valence-electron chi connectivity index (χ3n) is 7.03. The third-order valence-corrected chi connectivity index (χ3v) is 7.03. The van der Waals surface area contributed by atoms with Crippen molar-refractivity contribution < 1.29 is 19.1 Å². The molecule has 8 nitrogen and oxygen atoms in total. The number of anilines is 1. The Morgan fingerprint density at radius 1 is 0.902 bits per heavy atom. The van der Waals surface area contributed by atoms with Crippen LogP contribution in [0.25, 0.3) is 0 Å². The van der Waals surface area contributed by atoms with Crippen LogP contribution in [0.3, 0.4) is 0 Å². The lowest BCUT2D eigenvalue weighted by Gasteiger charge is -2.26. The zero-order valence-corrected chi connectivity index (χ0v) is 24.3. The topological polar surface area (TPSA) is 91.9 Å². The number of carbonyl (C=O) groups is 2. The van der Waals surface area contributed by atoms with Crippen LogP contribution in [0.4, 0.5) is 10.5 Å². The summed E-state index contributed by atoms with van der Waals surface area (Å²) in [7, 11) is 0. The SMILES string of the molecule is CC(C)(C)c1ccc(Oc2ccc(NC(=O)N[C@@H](Cc3ccccc3)C(=O)NCCCN3CCOCC3)cc2)cc1. The summed E-state index contributed by atoms with van der Waals surface area (Å²) in [6, 6.07) is 23.7. The summed E-state index contributed by atoms with van der Waals surface area (Å²) in [5.74, 6) is 1.21. The van der Waals surface area contributed by atoms with Crippen LogP contribution in [-0.4, -0.2) is 62.3 Å². The van der Waals surface area contributed by atoms with Crippen molar-refractivity contribution in [3.8, 4) is 11.5 Å². The van der Waals surface area contributed by atoms with Crippen molar-refractivity contribution in [3.05, 3.63) is 90.0 Å². The van der Waals surface area contributed by atoms with E-state index in [-0.39, 0.29) is 11.3 Å². The number of carbonyl (C=O) groups excluding carboxylic acids is 2. The first kappa shape index (κ1) is 30.1. The lowest BCUT2D eigenvalue weighted by Crippen LogP contribution is -2.49. The number of benzene rings is 3. The quantitative estimate of drug-likeness (QED) is 0.276. The van der Waals surface area contributed by atoms with Gasteiger partial charge in [0.05, 0.1) is 13.2 Å². The number of rotatable bonds is 11. The van der Waals surface area contributed by atoms with Gasteiger partial charge < -0.3 is 25.4 Å². The van der Waals surface area contributed by atoms with Crippen LogP contribution < -0.4 is 20.7 Å². The monoisotopic (exact) mass is 558 g/mol. The maximum absolute atomic E-state index is 13.1. The van der Waals surface area contributed by atoms with E-state index in [9.17, 15) is 9.59 Å². The van der Waals surface area contributed by atoms with Crippen molar-refractivity contribution in [1.29, 1.82) is 0 Å². The Morgan fingerprint density at radius 3 is 2.17 bits per heavy atom. The molecule has 1 aliphatic rings. The van der Waals surface area contributed by atoms with E-state index in [1.54, 1.807) is 24.3 Å². The summed E-state index contributed by atoms with van der Waals surface area (Å²) in [6.07, 6.45) is 1.23. The predicted octanol–water partition coefficient (Wildman–Crippen LogP) is 5.35. The molecular weight excluding hydrogens is 516 g/mol. The average Bonchev–Trinajstić information content (AvgIpc) is 2.97. The summed E-state index contributed by atoms with van der Waals surface area (Å²) in [6.45, 7) is 11.3. The van der Waals surface area contributed by atoms with Gasteiger partial charge in [-0.25, -0.2) is 4.79 Å². The van der Waals surface area contributed by atoms with Gasteiger partial charge in [-0.3, -0.25) is 9.69 Å². The molecule has 1 atom stereocenters. The molecule has 1 heterocycles. The van der Waals surface area contributed by atoms with E-state index in [4.69, 9.17) is 9.47 Å². The smallest absolute Gasteiger partial charge is 0.319 e. The van der Waals surface area contributed by atoms with E-state index in [2.05, 4.69) is 53.8 Å². The molecule has 41 heavy (non-hydrogen) atoms. The molecule has 0 aliphatic carbocycles. The Balaban J connectivity index is 1.29. The van der Waals surface area contributed by atoms with Crippen LogP contribution in [0.15, 0.2) is 78.9 Å². The van der Waals surface area contributed by atoms with E-state index in [0.29, 0.717) is 24.4 Å². The minimum atomic E-state index is -0.709. The van der Waals surface area contributed by atoms with Crippen LogP contribution in [0.5, 0.6) is 11.5 Å². The lowest BCUT2D eigenvalue weighted by molar-refractivity contribution is -0.122. The maximum atomic E-state index is 13.1. The molecule has 1 fully saturated rings. The minimum Gasteiger partial charge on any atom is -0.457 e. The Morgan fingerprint density at radius 2 is 1.54 bits per heavy atom. The number of hydrogen-bond acceptors (Lipinski definition) is 5. The number of urea groups is 1. The standard InChI is InChI=1S/C33H42N4O4/c1-33(2,3)26-10-14-28(15-11-26)41-29-16-12-27(13-17-29)35-32(39)36-30(24-25-8-5-4-6-9-25)31(38)34-18-7-19-37-20-22-40-23-21-37/h4-6,8-17,30H,7,18-24H2,1-3H3,(H,34,38)(H2,35,36,39)/t30-/m0/s1. The molecule has 8 heteroatoms. The molecule has 0 bridgehead atoms. The van der Waals surface area contributed by atoms with Crippen molar-refractivity contribution >= 4 is 17.6 Å². The van der Waals surface area contributed by atoms with E-state index in [0.717, 1.165) is 50.6 Å². The number of amides is 3. The normalized spacial score (nSPS) is 14.6. The third kappa shape index (κ3) is 9.92. The van der Waals surface area contributed by atoms with Crippen LogP contribution in [-0.2, 0) is 21.4 Å². The summed E-state index contributed by atoms with van der Waals surface area (Å²) in [5, 5.41) is 8.69. The van der Waals surface area contributed by atoms with E-state index >= 15 is 0 Å². The molecule has 1 aliphatic heterocycles. The van der Waals surface area contributed by atoms with E-state index in [1.165, 1.54) is 5.56 Å². The molecule has 218 valence electrons. The zero-order valence-electron chi connectivity index (χ0n) is 24.3. The van der Waals surface area contributed by atoms with Crippen molar-refractivity contribution in [3.63, 3.8) is 0 Å². The molecule has 3 aromatic carbocycles. The van der Waals surface area contributed by atoms with E-state index < -0.39 is 12.1 Å². The second kappa shape index (κ2) is 14.7. The summed E-state index contributed by atoms with van der Waals surface area (Å²) < 4.78 is 11.4. The van der Waals surface area contributed by atoms with Crippen molar-refractivity contribution in [2.75, 3.05) is 44.7 Å². The number of ether oxygens (including phenoxy) is 2. The molecule has 1 saturated heterocycles. The Kier molecular flexibility index (Phi) is 10.8. The molecule has 3 amide bonds. The number of nitrogens with zero attached hydrogens (tertiary/aromatic N) is 1. The average molecular weight is 559 g/mol. The van der Waals surface area contributed by atoms with Gasteiger partial charge in [0, 0.05) is 31.7 Å². The van der Waals surface area contributed by atoms with Gasteiger partial charge in [0.2, 0.25) is 5.91 Å². The molecule has 0 aromatic heterocycles. The Hall–Kier alpha value is -3.88. The molecule has 0 spiro atoms. The van der Waals surface area contributed by atoms with Crippen LogP contribution >= 0.6 is 0 Å². The second-order valence-electron chi connectivity index (χ2n) is 11.3. The molecule has 3 aromatic rings.